The lowest BCUT2D eigenvalue weighted by Crippen LogP contribution is -2.45. The summed E-state index contributed by atoms with van der Waals surface area (Å²) in [5.74, 6) is -6.49. The van der Waals surface area contributed by atoms with Gasteiger partial charge in [-0.15, -0.1) is 0 Å². The molecule has 0 bridgehead atoms. The van der Waals surface area contributed by atoms with Gasteiger partial charge in [0.15, 0.2) is 0 Å². The average molecular weight is 293 g/mol. The molecule has 1 fully saturated rings. The number of nitrogens with one attached hydrogen (secondary N) is 1. The van der Waals surface area contributed by atoms with E-state index in [-0.39, 0.29) is 25.7 Å². The Hall–Kier alpha value is -1.73. The Morgan fingerprint density at radius 3 is 2.20 bits per heavy atom. The van der Waals surface area contributed by atoms with Crippen LogP contribution in [0.5, 0.6) is 0 Å². The second-order valence-corrected chi connectivity index (χ2v) is 4.96. The second kappa shape index (κ2) is 6.62. The molecule has 0 aromatic rings. The number of alkyl halides is 2. The molecule has 1 amide bonds. The molecule has 6 nitrogen and oxygen atoms in total. The van der Waals surface area contributed by atoms with Gasteiger partial charge in [-0.1, -0.05) is 0 Å². The molecule has 114 valence electrons. The minimum Gasteiger partial charge on any atom is -0.481 e. The molecule has 1 atom stereocenters. The van der Waals surface area contributed by atoms with Gasteiger partial charge in [0, 0.05) is 25.2 Å². The van der Waals surface area contributed by atoms with Crippen molar-refractivity contribution in [2.45, 2.75) is 50.5 Å². The molecule has 3 N–H and O–H groups in total. The van der Waals surface area contributed by atoms with Crippen molar-refractivity contribution in [3.05, 3.63) is 0 Å². The van der Waals surface area contributed by atoms with Gasteiger partial charge in [0.2, 0.25) is 11.8 Å². The van der Waals surface area contributed by atoms with E-state index in [0.717, 1.165) is 0 Å². The summed E-state index contributed by atoms with van der Waals surface area (Å²) >= 11 is 0. The second-order valence-electron chi connectivity index (χ2n) is 4.96. The number of carbonyl (C=O) groups is 3. The van der Waals surface area contributed by atoms with Gasteiger partial charge < -0.3 is 15.5 Å². The van der Waals surface area contributed by atoms with Crippen LogP contribution in [0.4, 0.5) is 8.78 Å². The van der Waals surface area contributed by atoms with Crippen molar-refractivity contribution in [2.75, 3.05) is 0 Å². The van der Waals surface area contributed by atoms with E-state index in [0.29, 0.717) is 0 Å². The number of hydrogen-bond acceptors (Lipinski definition) is 3. The summed E-state index contributed by atoms with van der Waals surface area (Å²) in [6.07, 6.45) is -1.40. The quantitative estimate of drug-likeness (QED) is 0.683. The molecule has 20 heavy (non-hydrogen) atoms. The van der Waals surface area contributed by atoms with E-state index in [2.05, 4.69) is 5.32 Å². The summed E-state index contributed by atoms with van der Waals surface area (Å²) in [6, 6.07) is -1.30. The Balaban J connectivity index is 2.50. The molecule has 1 saturated carbocycles. The van der Waals surface area contributed by atoms with Gasteiger partial charge in [-0.25, -0.2) is 13.6 Å². The lowest BCUT2D eigenvalue weighted by Gasteiger charge is -2.28. The summed E-state index contributed by atoms with van der Waals surface area (Å²) < 4.78 is 25.9. The van der Waals surface area contributed by atoms with Crippen LogP contribution in [0.15, 0.2) is 0 Å². The molecule has 0 saturated heterocycles. The van der Waals surface area contributed by atoms with Crippen molar-refractivity contribution in [2.24, 2.45) is 5.92 Å². The predicted octanol–water partition coefficient (Wildman–Crippen LogP) is 1.25. The normalized spacial score (nSPS) is 20.1. The molecule has 0 aromatic carbocycles. The maximum Gasteiger partial charge on any atom is 0.326 e. The number of hydrogen-bond donors (Lipinski definition) is 3. The maximum atomic E-state index is 13.0. The minimum absolute atomic E-state index is 0.00407. The van der Waals surface area contributed by atoms with Crippen molar-refractivity contribution in [3.8, 4) is 0 Å². The first-order valence-electron chi connectivity index (χ1n) is 6.34. The summed E-state index contributed by atoms with van der Waals surface area (Å²) in [7, 11) is 0. The van der Waals surface area contributed by atoms with Gasteiger partial charge >= 0.3 is 11.9 Å². The zero-order valence-electron chi connectivity index (χ0n) is 10.8. The molecule has 0 aliphatic heterocycles. The van der Waals surface area contributed by atoms with Gasteiger partial charge in [-0.2, -0.15) is 0 Å². The number of halogens is 2. The van der Waals surface area contributed by atoms with E-state index in [9.17, 15) is 23.2 Å². The van der Waals surface area contributed by atoms with Crippen LogP contribution >= 0.6 is 0 Å². The van der Waals surface area contributed by atoms with Gasteiger partial charge in [-0.3, -0.25) is 9.59 Å². The van der Waals surface area contributed by atoms with Crippen molar-refractivity contribution in [1.29, 1.82) is 0 Å². The first-order valence-corrected chi connectivity index (χ1v) is 6.34. The molecular weight excluding hydrogens is 276 g/mol. The average Bonchev–Trinajstić information content (AvgIpc) is 2.33. The molecule has 8 heteroatoms. The Bertz CT molecular complexity index is 389. The van der Waals surface area contributed by atoms with Crippen LogP contribution in [-0.4, -0.2) is 40.0 Å². The van der Waals surface area contributed by atoms with E-state index >= 15 is 0 Å². The highest BCUT2D eigenvalue weighted by Gasteiger charge is 2.38. The van der Waals surface area contributed by atoms with E-state index in [1.54, 1.807) is 0 Å². The van der Waals surface area contributed by atoms with Gasteiger partial charge in [0.1, 0.15) is 6.04 Å². The molecule has 0 radical (unpaired) electrons. The van der Waals surface area contributed by atoms with E-state index in [1.807, 2.05) is 0 Å². The number of amides is 1. The lowest BCUT2D eigenvalue weighted by molar-refractivity contribution is -0.144. The Kier molecular flexibility index (Phi) is 5.41. The minimum atomic E-state index is -2.76. The van der Waals surface area contributed by atoms with E-state index < -0.39 is 48.6 Å². The fourth-order valence-electron chi connectivity index (χ4n) is 2.12. The highest BCUT2D eigenvalue weighted by atomic mass is 19.3. The highest BCUT2D eigenvalue weighted by molar-refractivity contribution is 5.85. The number of carboxylic acids is 2. The smallest absolute Gasteiger partial charge is 0.326 e. The van der Waals surface area contributed by atoms with Gasteiger partial charge in [0.05, 0.1) is 0 Å². The standard InChI is InChI=1S/C12H17F2NO5/c13-12(14)5-3-7(4-6-12)10(18)15-8(11(19)20)1-2-9(16)17/h7-8H,1-6H2,(H,15,18)(H,16,17)(H,19,20). The molecule has 0 spiro atoms. The number of aliphatic carboxylic acids is 2. The third-order valence-electron chi connectivity index (χ3n) is 3.35. The lowest BCUT2D eigenvalue weighted by atomic mass is 9.86. The van der Waals surface area contributed by atoms with Crippen LogP contribution in [0.1, 0.15) is 38.5 Å². The third kappa shape index (κ3) is 5.10. The van der Waals surface area contributed by atoms with Crippen molar-refractivity contribution in [1.82, 2.24) is 5.32 Å². The topological polar surface area (TPSA) is 104 Å². The highest BCUT2D eigenvalue weighted by Crippen LogP contribution is 2.36. The fourth-order valence-corrected chi connectivity index (χ4v) is 2.12. The molecular formula is C12H17F2NO5. The molecule has 1 aliphatic carbocycles. The van der Waals surface area contributed by atoms with Crippen molar-refractivity contribution < 1.29 is 33.4 Å². The van der Waals surface area contributed by atoms with E-state index in [4.69, 9.17) is 10.2 Å². The fraction of sp³-hybridized carbons (Fsp3) is 0.750. The number of rotatable bonds is 6. The van der Waals surface area contributed by atoms with Crippen LogP contribution in [-0.2, 0) is 14.4 Å². The maximum absolute atomic E-state index is 13.0. The number of carbonyl (C=O) groups excluding carboxylic acids is 1. The number of carboxylic acid groups (broad SMARTS) is 2. The summed E-state index contributed by atoms with van der Waals surface area (Å²) in [5.41, 5.74) is 0. The molecule has 1 unspecified atom stereocenters. The van der Waals surface area contributed by atoms with Crippen molar-refractivity contribution >= 4 is 17.8 Å². The molecule has 0 heterocycles. The Labute approximate surface area is 114 Å². The molecule has 0 aromatic heterocycles. The Morgan fingerprint density at radius 2 is 1.75 bits per heavy atom. The monoisotopic (exact) mass is 293 g/mol. The summed E-state index contributed by atoms with van der Waals surface area (Å²) in [5, 5.41) is 19.6. The zero-order valence-corrected chi connectivity index (χ0v) is 10.8. The van der Waals surface area contributed by atoms with Gasteiger partial charge in [-0.05, 0) is 19.3 Å². The Morgan fingerprint density at radius 1 is 1.20 bits per heavy atom. The first-order chi connectivity index (χ1) is 9.21. The first kappa shape index (κ1) is 16.3. The van der Waals surface area contributed by atoms with Crippen LogP contribution in [0.25, 0.3) is 0 Å². The zero-order chi connectivity index (χ0) is 15.3. The largest absolute Gasteiger partial charge is 0.481 e. The van der Waals surface area contributed by atoms with Crippen LogP contribution < -0.4 is 5.32 Å². The van der Waals surface area contributed by atoms with Gasteiger partial charge in [0.25, 0.3) is 0 Å². The molecule has 1 aliphatic rings. The van der Waals surface area contributed by atoms with Crippen LogP contribution in [0.2, 0.25) is 0 Å². The summed E-state index contributed by atoms with van der Waals surface area (Å²) in [6.45, 7) is 0. The van der Waals surface area contributed by atoms with Crippen LogP contribution in [0, 0.1) is 5.92 Å². The molecule has 1 rings (SSSR count). The van der Waals surface area contributed by atoms with E-state index in [1.165, 1.54) is 0 Å². The van der Waals surface area contributed by atoms with Crippen molar-refractivity contribution in [3.63, 3.8) is 0 Å². The SMILES string of the molecule is O=C(O)CCC(NC(=O)C1CCC(F)(F)CC1)C(=O)O. The third-order valence-corrected chi connectivity index (χ3v) is 3.35. The predicted molar refractivity (Wildman–Crippen MR) is 63.3 cm³/mol. The summed E-state index contributed by atoms with van der Waals surface area (Å²) in [4.78, 5) is 33.1. The van der Waals surface area contributed by atoms with Crippen LogP contribution in [0.3, 0.4) is 0 Å².